The molecular weight excluding hydrogens is 419 g/mol. The minimum Gasteiger partial charge on any atom is -0.401 e. The molecule has 0 saturated carbocycles. The minimum atomic E-state index is -4.20. The summed E-state index contributed by atoms with van der Waals surface area (Å²) in [4.78, 5) is 10.6. The van der Waals surface area contributed by atoms with Gasteiger partial charge in [0.2, 0.25) is 0 Å². The Balaban J connectivity index is 0.000000482. The number of halogens is 3. The number of nitrogens with two attached hydrogens (primary N) is 1. The van der Waals surface area contributed by atoms with Crippen LogP contribution in [0.3, 0.4) is 0 Å². The highest BCUT2D eigenvalue weighted by Crippen LogP contribution is 2.13. The molecule has 0 spiro atoms. The van der Waals surface area contributed by atoms with E-state index in [0.717, 1.165) is 23.0 Å². The second-order valence-corrected chi connectivity index (χ2v) is 6.99. The van der Waals surface area contributed by atoms with E-state index >= 15 is 0 Å². The number of hydrogen-bond acceptors (Lipinski definition) is 5. The van der Waals surface area contributed by atoms with Crippen LogP contribution in [0.25, 0.3) is 0 Å². The van der Waals surface area contributed by atoms with Crippen LogP contribution in [0, 0.1) is 11.8 Å². The standard InChI is InChI=1S/C18H14F3NO.C6H14N2O/c19-18(20,21)13-22-11-16-7-3-14(4-8-16)1-2-15-5-9-17(12-23)10-6-15;1-4(7)6(8-3)5(2)9/h3-10,12,22H,11,13H2;5-6,8-9H,1,7H2,2-3H3. The van der Waals surface area contributed by atoms with Gasteiger partial charge in [-0.15, -0.1) is 0 Å². The van der Waals surface area contributed by atoms with E-state index in [4.69, 9.17) is 10.8 Å². The molecule has 0 aromatic heterocycles. The summed E-state index contributed by atoms with van der Waals surface area (Å²) < 4.78 is 36.1. The van der Waals surface area contributed by atoms with Gasteiger partial charge in [0.15, 0.2) is 0 Å². The van der Waals surface area contributed by atoms with Crippen LogP contribution >= 0.6 is 0 Å². The maximum absolute atomic E-state index is 12.0. The van der Waals surface area contributed by atoms with Crippen LogP contribution in [-0.4, -0.2) is 43.3 Å². The van der Waals surface area contributed by atoms with Crippen molar-refractivity contribution in [3.05, 3.63) is 83.1 Å². The molecule has 5 nitrogen and oxygen atoms in total. The molecule has 0 saturated heterocycles. The van der Waals surface area contributed by atoms with Crippen molar-refractivity contribution in [1.82, 2.24) is 10.6 Å². The van der Waals surface area contributed by atoms with Crippen molar-refractivity contribution in [1.29, 1.82) is 0 Å². The highest BCUT2D eigenvalue weighted by atomic mass is 19.4. The van der Waals surface area contributed by atoms with E-state index < -0.39 is 18.8 Å². The number of nitrogens with one attached hydrogen (secondary N) is 2. The zero-order valence-electron chi connectivity index (χ0n) is 18.0. The van der Waals surface area contributed by atoms with E-state index in [1.54, 1.807) is 62.5 Å². The normalized spacial score (nSPS) is 12.4. The molecule has 0 aliphatic heterocycles. The molecule has 2 aromatic rings. The second kappa shape index (κ2) is 13.3. The van der Waals surface area contributed by atoms with Crippen LogP contribution in [0.4, 0.5) is 13.2 Å². The molecular formula is C24H28F3N3O2. The number of rotatable bonds is 7. The monoisotopic (exact) mass is 447 g/mol. The first-order valence-electron chi connectivity index (χ1n) is 9.79. The summed E-state index contributed by atoms with van der Waals surface area (Å²) in [6.45, 7) is 4.31. The van der Waals surface area contributed by atoms with Gasteiger partial charge in [-0.3, -0.25) is 4.79 Å². The predicted octanol–water partition coefficient (Wildman–Crippen LogP) is 2.98. The first-order chi connectivity index (χ1) is 15.1. The molecule has 2 atom stereocenters. The van der Waals surface area contributed by atoms with E-state index in [-0.39, 0.29) is 12.6 Å². The smallest absolute Gasteiger partial charge is 0.401 e. The molecule has 5 N–H and O–H groups in total. The number of carbonyl (C=O) groups is 1. The molecule has 172 valence electrons. The molecule has 0 radical (unpaired) electrons. The Labute approximate surface area is 186 Å². The topological polar surface area (TPSA) is 87.4 Å². The first-order valence-corrected chi connectivity index (χ1v) is 9.79. The van der Waals surface area contributed by atoms with Crippen LogP contribution in [0.15, 0.2) is 60.8 Å². The maximum atomic E-state index is 12.0. The second-order valence-electron chi connectivity index (χ2n) is 6.99. The summed E-state index contributed by atoms with van der Waals surface area (Å²) in [5.74, 6) is 5.93. The largest absolute Gasteiger partial charge is 0.401 e. The van der Waals surface area contributed by atoms with Gasteiger partial charge in [0, 0.05) is 28.9 Å². The minimum absolute atomic E-state index is 0.153. The Morgan fingerprint density at radius 1 is 1.12 bits per heavy atom. The summed E-state index contributed by atoms with van der Waals surface area (Å²) >= 11 is 0. The van der Waals surface area contributed by atoms with Crippen LogP contribution in [0.1, 0.15) is 34.0 Å². The molecule has 0 fully saturated rings. The number of hydrogen-bond donors (Lipinski definition) is 4. The van der Waals surface area contributed by atoms with Crippen LogP contribution in [0.2, 0.25) is 0 Å². The first kappa shape index (κ1) is 26.9. The summed E-state index contributed by atoms with van der Waals surface area (Å²) in [5.41, 5.74) is 8.70. The SMILES string of the molecule is C=C(N)C(NC)C(C)O.O=Cc1ccc(C#Cc2ccc(CNCC(F)(F)F)cc2)cc1. The average molecular weight is 448 g/mol. The van der Waals surface area contributed by atoms with Crippen molar-refractivity contribution < 1.29 is 23.1 Å². The number of benzene rings is 2. The fraction of sp³-hybridized carbons (Fsp3) is 0.292. The quantitative estimate of drug-likeness (QED) is 0.387. The lowest BCUT2D eigenvalue weighted by Gasteiger charge is -2.18. The van der Waals surface area contributed by atoms with Gasteiger partial charge in [-0.25, -0.2) is 0 Å². The molecule has 2 rings (SSSR count). The average Bonchev–Trinajstić information content (AvgIpc) is 2.73. The van der Waals surface area contributed by atoms with Gasteiger partial charge < -0.3 is 21.5 Å². The van der Waals surface area contributed by atoms with Gasteiger partial charge in [0.25, 0.3) is 0 Å². The fourth-order valence-electron chi connectivity index (χ4n) is 2.58. The van der Waals surface area contributed by atoms with Gasteiger partial charge in [0.05, 0.1) is 18.7 Å². The highest BCUT2D eigenvalue weighted by Gasteiger charge is 2.25. The van der Waals surface area contributed by atoms with Crippen LogP contribution in [-0.2, 0) is 6.54 Å². The zero-order chi connectivity index (χ0) is 24.1. The molecule has 0 aliphatic carbocycles. The number of aldehydes is 1. The number of aliphatic hydroxyl groups is 1. The molecule has 32 heavy (non-hydrogen) atoms. The van der Waals surface area contributed by atoms with Crippen molar-refractivity contribution >= 4 is 6.29 Å². The third-order valence-electron chi connectivity index (χ3n) is 4.20. The van der Waals surface area contributed by atoms with Crippen molar-refractivity contribution in [2.24, 2.45) is 5.73 Å². The predicted molar refractivity (Wildman–Crippen MR) is 120 cm³/mol. The van der Waals surface area contributed by atoms with Gasteiger partial charge in [0.1, 0.15) is 6.29 Å². The number of aliphatic hydroxyl groups excluding tert-OH is 1. The molecule has 0 aliphatic rings. The van der Waals surface area contributed by atoms with E-state index in [9.17, 15) is 18.0 Å². The van der Waals surface area contributed by atoms with Crippen molar-refractivity contribution in [2.45, 2.75) is 31.8 Å². The number of alkyl halides is 3. The zero-order valence-corrected chi connectivity index (χ0v) is 18.0. The molecule has 0 heterocycles. The molecule has 0 amide bonds. The number of likely N-dealkylation sites (N-methyl/N-ethyl adjacent to an activating group) is 1. The Hall–Kier alpha value is -3.12. The Kier molecular flexibility index (Phi) is 11.2. The van der Waals surface area contributed by atoms with E-state index in [2.05, 4.69) is 29.1 Å². The highest BCUT2D eigenvalue weighted by molar-refractivity contribution is 5.74. The summed E-state index contributed by atoms with van der Waals surface area (Å²) in [7, 11) is 1.73. The van der Waals surface area contributed by atoms with Gasteiger partial charge in [-0.05, 0) is 43.8 Å². The summed E-state index contributed by atoms with van der Waals surface area (Å²) in [6, 6.07) is 13.7. The molecule has 8 heteroatoms. The lowest BCUT2D eigenvalue weighted by molar-refractivity contribution is -0.125. The Bertz CT molecular complexity index is 913. The van der Waals surface area contributed by atoms with E-state index in [1.165, 1.54) is 0 Å². The van der Waals surface area contributed by atoms with Gasteiger partial charge in [-0.1, -0.05) is 42.7 Å². The third-order valence-corrected chi connectivity index (χ3v) is 4.20. The fourth-order valence-corrected chi connectivity index (χ4v) is 2.58. The molecule has 2 unspecified atom stereocenters. The molecule has 0 bridgehead atoms. The van der Waals surface area contributed by atoms with Crippen molar-refractivity contribution in [2.75, 3.05) is 13.6 Å². The Morgan fingerprint density at radius 3 is 1.97 bits per heavy atom. The van der Waals surface area contributed by atoms with Gasteiger partial charge in [-0.2, -0.15) is 13.2 Å². The third kappa shape index (κ3) is 10.8. The van der Waals surface area contributed by atoms with Crippen LogP contribution < -0.4 is 16.4 Å². The van der Waals surface area contributed by atoms with E-state index in [0.29, 0.717) is 11.3 Å². The molecule has 2 aromatic carbocycles. The Morgan fingerprint density at radius 2 is 1.62 bits per heavy atom. The summed E-state index contributed by atoms with van der Waals surface area (Å²) in [6.07, 6.45) is -3.92. The van der Waals surface area contributed by atoms with Gasteiger partial charge >= 0.3 is 6.18 Å². The van der Waals surface area contributed by atoms with Crippen molar-refractivity contribution in [3.8, 4) is 11.8 Å². The van der Waals surface area contributed by atoms with Crippen molar-refractivity contribution in [3.63, 3.8) is 0 Å². The lowest BCUT2D eigenvalue weighted by Crippen LogP contribution is -2.39. The maximum Gasteiger partial charge on any atom is 0.401 e. The summed E-state index contributed by atoms with van der Waals surface area (Å²) in [5, 5.41) is 14.1. The van der Waals surface area contributed by atoms with Crippen LogP contribution in [0.5, 0.6) is 0 Å². The van der Waals surface area contributed by atoms with E-state index in [1.807, 2.05) is 0 Å². The lowest BCUT2D eigenvalue weighted by atomic mass is 10.1. The number of carbonyl (C=O) groups excluding carboxylic acids is 1.